The Kier molecular flexibility index (Phi) is 4.42. The third-order valence-corrected chi connectivity index (χ3v) is 4.69. The third-order valence-electron chi connectivity index (χ3n) is 4.69. The Morgan fingerprint density at radius 1 is 1.14 bits per heavy atom. The van der Waals surface area contributed by atoms with Crippen molar-refractivity contribution in [1.29, 1.82) is 0 Å². The molecule has 1 amide bonds. The fourth-order valence-corrected chi connectivity index (χ4v) is 3.60. The summed E-state index contributed by atoms with van der Waals surface area (Å²) in [7, 11) is 0. The Morgan fingerprint density at radius 2 is 1.81 bits per heavy atom. The van der Waals surface area contributed by atoms with Crippen LogP contribution in [0.1, 0.15) is 12.8 Å². The fourth-order valence-electron chi connectivity index (χ4n) is 3.60. The van der Waals surface area contributed by atoms with Gasteiger partial charge in [-0.05, 0) is 12.8 Å². The summed E-state index contributed by atoms with van der Waals surface area (Å²) in [6.45, 7) is 4.54. The lowest BCUT2D eigenvalue weighted by atomic mass is 9.79. The van der Waals surface area contributed by atoms with Crippen LogP contribution in [0, 0.1) is 11.8 Å². The minimum absolute atomic E-state index is 0.178. The molecule has 0 aromatic heterocycles. The average molecular weight is 298 g/mol. The van der Waals surface area contributed by atoms with Gasteiger partial charge in [-0.15, -0.1) is 0 Å². The molecule has 0 aromatic carbocycles. The van der Waals surface area contributed by atoms with Gasteiger partial charge in [-0.3, -0.25) is 14.5 Å². The van der Waals surface area contributed by atoms with Crippen molar-refractivity contribution in [3.8, 4) is 0 Å². The van der Waals surface area contributed by atoms with E-state index in [1.54, 1.807) is 0 Å². The second-order valence-electron chi connectivity index (χ2n) is 5.93. The second kappa shape index (κ2) is 6.29. The van der Waals surface area contributed by atoms with Crippen LogP contribution in [0.15, 0.2) is 0 Å². The first-order valence-corrected chi connectivity index (χ1v) is 7.63. The topological polar surface area (TPSA) is 88.1 Å². The van der Waals surface area contributed by atoms with E-state index in [9.17, 15) is 14.7 Å². The molecule has 0 aliphatic carbocycles. The number of hydrogen-bond donors (Lipinski definition) is 2. The maximum atomic E-state index is 12.3. The first-order chi connectivity index (χ1) is 10.2. The number of morpholine rings is 1. The minimum atomic E-state index is -0.921. The molecule has 7 nitrogen and oxygen atoms in total. The quantitative estimate of drug-likeness (QED) is 0.699. The molecular weight excluding hydrogens is 276 g/mol. The van der Waals surface area contributed by atoms with Gasteiger partial charge in [-0.25, -0.2) is 0 Å². The van der Waals surface area contributed by atoms with Gasteiger partial charge in [-0.1, -0.05) is 0 Å². The molecule has 2 N–H and O–H groups in total. The van der Waals surface area contributed by atoms with Crippen molar-refractivity contribution in [2.45, 2.75) is 25.0 Å². The van der Waals surface area contributed by atoms with Gasteiger partial charge in [0.1, 0.15) is 0 Å². The van der Waals surface area contributed by atoms with Crippen molar-refractivity contribution in [2.75, 3.05) is 39.4 Å². The number of nitrogens with zero attached hydrogens (tertiary/aromatic N) is 1. The monoisotopic (exact) mass is 298 g/mol. The lowest BCUT2D eigenvalue weighted by molar-refractivity contribution is -0.147. The normalized spacial score (nSPS) is 35.8. The summed E-state index contributed by atoms with van der Waals surface area (Å²) in [5.41, 5.74) is 0. The van der Waals surface area contributed by atoms with Crippen LogP contribution in [0.4, 0.5) is 0 Å². The van der Waals surface area contributed by atoms with Gasteiger partial charge in [-0.2, -0.15) is 0 Å². The molecule has 3 heterocycles. The largest absolute Gasteiger partial charge is 0.481 e. The Hall–Kier alpha value is -1.18. The van der Waals surface area contributed by atoms with Crippen molar-refractivity contribution >= 4 is 11.9 Å². The average Bonchev–Trinajstić information content (AvgIpc) is 3.08. The van der Waals surface area contributed by atoms with Crippen LogP contribution in [0.5, 0.6) is 0 Å². The van der Waals surface area contributed by atoms with E-state index in [0.29, 0.717) is 6.54 Å². The molecule has 0 aromatic rings. The predicted octanol–water partition coefficient (Wildman–Crippen LogP) is -0.687. The smallest absolute Gasteiger partial charge is 0.310 e. The summed E-state index contributed by atoms with van der Waals surface area (Å²) in [6.07, 6.45) is 1.02. The fraction of sp³-hybridized carbons (Fsp3) is 0.857. The van der Waals surface area contributed by atoms with E-state index >= 15 is 0 Å². The molecule has 21 heavy (non-hydrogen) atoms. The standard InChI is InChI=1S/C14H22N2O5/c17-13(15-3-4-16-5-7-20-8-6-16)11-9-1-2-10(21-9)12(11)14(18)19/h9-12H,1-8H2,(H,15,17)(H,18,19)/t9-,10+,11?,12?/m1/s1. The Bertz CT molecular complexity index is 410. The van der Waals surface area contributed by atoms with Crippen molar-refractivity contribution in [3.63, 3.8) is 0 Å². The zero-order valence-corrected chi connectivity index (χ0v) is 12.0. The minimum Gasteiger partial charge on any atom is -0.481 e. The highest BCUT2D eigenvalue weighted by atomic mass is 16.5. The number of aliphatic carboxylic acids is 1. The third kappa shape index (κ3) is 3.04. The highest BCUT2D eigenvalue weighted by Gasteiger charge is 2.55. The van der Waals surface area contributed by atoms with Crippen LogP contribution in [-0.2, 0) is 19.1 Å². The van der Waals surface area contributed by atoms with Gasteiger partial charge in [0.05, 0.1) is 37.3 Å². The first-order valence-electron chi connectivity index (χ1n) is 7.63. The van der Waals surface area contributed by atoms with Crippen LogP contribution in [-0.4, -0.2) is 73.5 Å². The Labute approximate surface area is 123 Å². The highest BCUT2D eigenvalue weighted by Crippen LogP contribution is 2.43. The van der Waals surface area contributed by atoms with Crippen molar-refractivity contribution in [2.24, 2.45) is 11.8 Å². The highest BCUT2D eigenvalue weighted by molar-refractivity contribution is 5.86. The molecule has 0 saturated carbocycles. The maximum absolute atomic E-state index is 12.3. The summed E-state index contributed by atoms with van der Waals surface area (Å²) in [5, 5.41) is 12.2. The number of rotatable bonds is 5. The van der Waals surface area contributed by atoms with Crippen molar-refractivity contribution in [1.82, 2.24) is 10.2 Å². The number of ether oxygens (including phenoxy) is 2. The van der Waals surface area contributed by atoms with Crippen LogP contribution in [0.2, 0.25) is 0 Å². The summed E-state index contributed by atoms with van der Waals surface area (Å²) in [6, 6.07) is 0. The van der Waals surface area contributed by atoms with Crippen molar-refractivity contribution < 1.29 is 24.2 Å². The molecular formula is C14H22N2O5. The van der Waals surface area contributed by atoms with E-state index in [4.69, 9.17) is 9.47 Å². The van der Waals surface area contributed by atoms with Crippen LogP contribution in [0.25, 0.3) is 0 Å². The molecule has 2 unspecified atom stereocenters. The SMILES string of the molecule is O=C(O)C1C(C(=O)NCCN2CCOCC2)[C@H]2CC[C@@H]1O2. The van der Waals surface area contributed by atoms with E-state index in [1.807, 2.05) is 0 Å². The Morgan fingerprint density at radius 3 is 2.48 bits per heavy atom. The van der Waals surface area contributed by atoms with Crippen LogP contribution in [0.3, 0.4) is 0 Å². The van der Waals surface area contributed by atoms with Crippen LogP contribution >= 0.6 is 0 Å². The molecule has 3 aliphatic rings. The Balaban J connectivity index is 1.49. The van der Waals surface area contributed by atoms with Gasteiger partial charge in [0.2, 0.25) is 5.91 Å². The molecule has 0 radical (unpaired) electrons. The lowest BCUT2D eigenvalue weighted by Gasteiger charge is -2.27. The number of hydrogen-bond acceptors (Lipinski definition) is 5. The number of fused-ring (bicyclic) bond motifs is 2. The number of carbonyl (C=O) groups is 2. The number of carboxylic acids is 1. The number of carbonyl (C=O) groups excluding carboxylic acids is 1. The van der Waals surface area contributed by atoms with E-state index in [2.05, 4.69) is 10.2 Å². The van der Waals surface area contributed by atoms with Gasteiger partial charge in [0, 0.05) is 26.2 Å². The molecule has 0 spiro atoms. The van der Waals surface area contributed by atoms with E-state index in [1.165, 1.54) is 0 Å². The number of nitrogens with one attached hydrogen (secondary N) is 1. The zero-order chi connectivity index (χ0) is 14.8. The molecule has 3 fully saturated rings. The lowest BCUT2D eigenvalue weighted by Crippen LogP contribution is -2.46. The maximum Gasteiger partial charge on any atom is 0.310 e. The van der Waals surface area contributed by atoms with Crippen LogP contribution < -0.4 is 5.32 Å². The summed E-state index contributed by atoms with van der Waals surface area (Å²) < 4.78 is 10.9. The summed E-state index contributed by atoms with van der Waals surface area (Å²) in [4.78, 5) is 25.9. The zero-order valence-electron chi connectivity index (χ0n) is 12.0. The van der Waals surface area contributed by atoms with Gasteiger partial charge < -0.3 is 19.9 Å². The van der Waals surface area contributed by atoms with Gasteiger partial charge in [0.25, 0.3) is 0 Å². The molecule has 3 saturated heterocycles. The molecule has 3 aliphatic heterocycles. The van der Waals surface area contributed by atoms with Crippen molar-refractivity contribution in [3.05, 3.63) is 0 Å². The molecule has 2 bridgehead atoms. The number of carboxylic acid groups (broad SMARTS) is 1. The van der Waals surface area contributed by atoms with E-state index < -0.39 is 17.8 Å². The van der Waals surface area contributed by atoms with E-state index in [0.717, 1.165) is 45.7 Å². The second-order valence-corrected chi connectivity index (χ2v) is 5.93. The predicted molar refractivity (Wildman–Crippen MR) is 72.8 cm³/mol. The first kappa shape index (κ1) is 14.7. The molecule has 4 atom stereocenters. The summed E-state index contributed by atoms with van der Waals surface area (Å²) in [5.74, 6) is -2.32. The van der Waals surface area contributed by atoms with Gasteiger partial charge in [0.15, 0.2) is 0 Å². The summed E-state index contributed by atoms with van der Waals surface area (Å²) >= 11 is 0. The van der Waals surface area contributed by atoms with E-state index in [-0.39, 0.29) is 18.1 Å². The molecule has 3 rings (SSSR count). The molecule has 7 heteroatoms. The van der Waals surface area contributed by atoms with Gasteiger partial charge >= 0.3 is 5.97 Å². The number of amides is 1. The molecule has 118 valence electrons.